The van der Waals surface area contributed by atoms with Crippen molar-refractivity contribution in [2.24, 2.45) is 0 Å². The van der Waals surface area contributed by atoms with Gasteiger partial charge in [-0.1, -0.05) is 0 Å². The second-order valence-electron chi connectivity index (χ2n) is 4.15. The molecule has 0 bridgehead atoms. The minimum atomic E-state index is -3.56. The van der Waals surface area contributed by atoms with Gasteiger partial charge in [0, 0.05) is 24.5 Å². The molecule has 0 unspecified atom stereocenters. The number of nitrogens with zero attached hydrogens (tertiary/aromatic N) is 1. The maximum atomic E-state index is 11.9. The first kappa shape index (κ1) is 13.1. The van der Waals surface area contributed by atoms with Crippen LogP contribution in [0.15, 0.2) is 29.4 Å². The third-order valence-electron chi connectivity index (χ3n) is 2.09. The molecule has 0 spiro atoms. The summed E-state index contributed by atoms with van der Waals surface area (Å²) >= 11 is 0. The summed E-state index contributed by atoms with van der Waals surface area (Å²) in [7, 11) is -3.56. The van der Waals surface area contributed by atoms with Gasteiger partial charge in [0.25, 0.3) is 0 Å². The van der Waals surface area contributed by atoms with Crippen molar-refractivity contribution < 1.29 is 13.5 Å². The summed E-state index contributed by atoms with van der Waals surface area (Å²) in [6, 6.07) is 3.04. The fraction of sp³-hybridized carbons (Fsp3) is 0.500. The van der Waals surface area contributed by atoms with Gasteiger partial charge in [-0.05, 0) is 32.4 Å². The zero-order chi connectivity index (χ0) is 12.2. The molecule has 5 nitrogen and oxygen atoms in total. The van der Waals surface area contributed by atoms with E-state index in [2.05, 4.69) is 9.71 Å². The standard InChI is InChI=1S/C10H16N2O3S/c1-10(2,5-7-13)12-16(14,15)9-4-3-6-11-8-9/h3-4,6,8,12-13H,5,7H2,1-2H3. The topological polar surface area (TPSA) is 79.3 Å². The molecule has 2 N–H and O–H groups in total. The van der Waals surface area contributed by atoms with Gasteiger partial charge in [0.1, 0.15) is 4.90 Å². The molecule has 90 valence electrons. The van der Waals surface area contributed by atoms with E-state index >= 15 is 0 Å². The van der Waals surface area contributed by atoms with Gasteiger partial charge < -0.3 is 5.11 Å². The van der Waals surface area contributed by atoms with Crippen LogP contribution in [0.5, 0.6) is 0 Å². The molecule has 1 heterocycles. The molecule has 16 heavy (non-hydrogen) atoms. The summed E-state index contributed by atoms with van der Waals surface area (Å²) in [5.41, 5.74) is -0.677. The number of nitrogens with one attached hydrogen (secondary N) is 1. The molecule has 0 fully saturated rings. The number of aliphatic hydroxyl groups excluding tert-OH is 1. The molecule has 0 aliphatic carbocycles. The van der Waals surface area contributed by atoms with Gasteiger partial charge in [-0.2, -0.15) is 0 Å². The molecule has 1 aromatic rings. The van der Waals surface area contributed by atoms with Crippen molar-refractivity contribution in [2.75, 3.05) is 6.61 Å². The lowest BCUT2D eigenvalue weighted by atomic mass is 10.0. The van der Waals surface area contributed by atoms with E-state index in [1.165, 1.54) is 18.5 Å². The van der Waals surface area contributed by atoms with E-state index in [9.17, 15) is 8.42 Å². The van der Waals surface area contributed by atoms with Crippen molar-refractivity contribution >= 4 is 10.0 Å². The SMILES string of the molecule is CC(C)(CCO)NS(=O)(=O)c1cccnc1. The largest absolute Gasteiger partial charge is 0.396 e. The zero-order valence-corrected chi connectivity index (χ0v) is 10.2. The molecule has 0 amide bonds. The van der Waals surface area contributed by atoms with E-state index < -0.39 is 15.6 Å². The highest BCUT2D eigenvalue weighted by Crippen LogP contribution is 2.14. The number of sulfonamides is 1. The van der Waals surface area contributed by atoms with Crippen LogP contribution in [0.3, 0.4) is 0 Å². The van der Waals surface area contributed by atoms with E-state index in [1.54, 1.807) is 19.9 Å². The van der Waals surface area contributed by atoms with Crippen LogP contribution < -0.4 is 4.72 Å². The van der Waals surface area contributed by atoms with Crippen LogP contribution in [-0.2, 0) is 10.0 Å². The summed E-state index contributed by atoms with van der Waals surface area (Å²) in [5.74, 6) is 0. The Balaban J connectivity index is 2.89. The first-order chi connectivity index (χ1) is 7.37. The van der Waals surface area contributed by atoms with Crippen LogP contribution in [-0.4, -0.2) is 30.7 Å². The first-order valence-electron chi connectivity index (χ1n) is 4.92. The molecule has 1 aromatic heterocycles. The molecule has 6 heteroatoms. The lowest BCUT2D eigenvalue weighted by Gasteiger charge is -2.24. The fourth-order valence-electron chi connectivity index (χ4n) is 1.26. The molecule has 0 aliphatic rings. The summed E-state index contributed by atoms with van der Waals surface area (Å²) in [5, 5.41) is 8.82. The van der Waals surface area contributed by atoms with Crippen LogP contribution in [0.4, 0.5) is 0 Å². The highest BCUT2D eigenvalue weighted by molar-refractivity contribution is 7.89. The molecule has 0 saturated heterocycles. The number of pyridine rings is 1. The Bertz CT molecular complexity index is 429. The Labute approximate surface area is 95.6 Å². The van der Waals surface area contributed by atoms with E-state index in [-0.39, 0.29) is 11.5 Å². The maximum Gasteiger partial charge on any atom is 0.242 e. The summed E-state index contributed by atoms with van der Waals surface area (Å²) in [4.78, 5) is 3.88. The number of aliphatic hydroxyl groups is 1. The molecule has 1 rings (SSSR count). The van der Waals surface area contributed by atoms with Crippen molar-refractivity contribution in [2.45, 2.75) is 30.7 Å². The van der Waals surface area contributed by atoms with Gasteiger partial charge >= 0.3 is 0 Å². The minimum Gasteiger partial charge on any atom is -0.396 e. The number of hydrogen-bond donors (Lipinski definition) is 2. The Morgan fingerprint density at radius 1 is 1.50 bits per heavy atom. The van der Waals surface area contributed by atoms with E-state index in [1.807, 2.05) is 0 Å². The van der Waals surface area contributed by atoms with E-state index in [4.69, 9.17) is 5.11 Å². The second-order valence-corrected chi connectivity index (χ2v) is 5.83. The summed E-state index contributed by atoms with van der Waals surface area (Å²) in [6.45, 7) is 3.37. The molecule has 0 atom stereocenters. The van der Waals surface area contributed by atoms with Gasteiger partial charge in [-0.25, -0.2) is 13.1 Å². The average Bonchev–Trinajstić information content (AvgIpc) is 2.17. The third-order valence-corrected chi connectivity index (χ3v) is 3.78. The lowest BCUT2D eigenvalue weighted by molar-refractivity contribution is 0.245. The van der Waals surface area contributed by atoms with Crippen LogP contribution in [0.25, 0.3) is 0 Å². The van der Waals surface area contributed by atoms with Crippen molar-refractivity contribution in [1.29, 1.82) is 0 Å². The predicted molar refractivity (Wildman–Crippen MR) is 60.3 cm³/mol. The molecule has 0 aromatic carbocycles. The molecule has 0 radical (unpaired) electrons. The van der Waals surface area contributed by atoms with Gasteiger partial charge in [0.2, 0.25) is 10.0 Å². The zero-order valence-electron chi connectivity index (χ0n) is 9.34. The second kappa shape index (κ2) is 4.90. The molecular formula is C10H16N2O3S. The molecular weight excluding hydrogens is 228 g/mol. The van der Waals surface area contributed by atoms with Crippen molar-refractivity contribution in [1.82, 2.24) is 9.71 Å². The van der Waals surface area contributed by atoms with Gasteiger partial charge in [-0.15, -0.1) is 0 Å². The average molecular weight is 244 g/mol. The van der Waals surface area contributed by atoms with Gasteiger partial charge in [0.15, 0.2) is 0 Å². The Kier molecular flexibility index (Phi) is 4.01. The Morgan fingerprint density at radius 2 is 2.19 bits per heavy atom. The number of hydrogen-bond acceptors (Lipinski definition) is 4. The van der Waals surface area contributed by atoms with Gasteiger partial charge in [-0.3, -0.25) is 4.98 Å². The maximum absolute atomic E-state index is 11.9. The minimum absolute atomic E-state index is 0.0669. The van der Waals surface area contributed by atoms with Crippen LogP contribution in [0.1, 0.15) is 20.3 Å². The summed E-state index contributed by atoms with van der Waals surface area (Å²) in [6.07, 6.45) is 3.15. The Morgan fingerprint density at radius 3 is 2.69 bits per heavy atom. The first-order valence-corrected chi connectivity index (χ1v) is 6.40. The summed E-state index contributed by atoms with van der Waals surface area (Å²) < 4.78 is 26.3. The third kappa shape index (κ3) is 3.55. The van der Waals surface area contributed by atoms with E-state index in [0.717, 1.165) is 0 Å². The van der Waals surface area contributed by atoms with Gasteiger partial charge in [0.05, 0.1) is 0 Å². The van der Waals surface area contributed by atoms with Crippen molar-refractivity contribution in [3.05, 3.63) is 24.5 Å². The van der Waals surface area contributed by atoms with E-state index in [0.29, 0.717) is 6.42 Å². The van der Waals surface area contributed by atoms with Crippen LogP contribution in [0, 0.1) is 0 Å². The highest BCUT2D eigenvalue weighted by atomic mass is 32.2. The molecule has 0 saturated carbocycles. The normalized spacial score (nSPS) is 12.7. The molecule has 0 aliphatic heterocycles. The highest BCUT2D eigenvalue weighted by Gasteiger charge is 2.25. The predicted octanol–water partition coefficient (Wildman–Crippen LogP) is 0.521. The van der Waals surface area contributed by atoms with Crippen LogP contribution in [0.2, 0.25) is 0 Å². The quantitative estimate of drug-likeness (QED) is 0.791. The van der Waals surface area contributed by atoms with Crippen LogP contribution >= 0.6 is 0 Å². The Hall–Kier alpha value is -0.980. The van der Waals surface area contributed by atoms with Crippen molar-refractivity contribution in [3.8, 4) is 0 Å². The monoisotopic (exact) mass is 244 g/mol. The number of aromatic nitrogens is 1. The smallest absolute Gasteiger partial charge is 0.242 e. The number of rotatable bonds is 5. The fourth-order valence-corrected chi connectivity index (χ4v) is 2.66. The lowest BCUT2D eigenvalue weighted by Crippen LogP contribution is -2.43. The van der Waals surface area contributed by atoms with Crippen molar-refractivity contribution in [3.63, 3.8) is 0 Å².